The van der Waals surface area contributed by atoms with Crippen LogP contribution in [0.1, 0.15) is 12.0 Å². The highest BCUT2D eigenvalue weighted by atomic mass is 19.1. The lowest BCUT2D eigenvalue weighted by Crippen LogP contribution is -2.54. The predicted octanol–water partition coefficient (Wildman–Crippen LogP) is 5.87. The number of piperazine rings is 1. The van der Waals surface area contributed by atoms with E-state index < -0.39 is 5.82 Å². The molecule has 1 amide bonds. The fraction of sp³-hybridized carbons (Fsp3) is 0.242. The normalized spacial score (nSPS) is 15.4. The molecule has 8 heteroatoms. The van der Waals surface area contributed by atoms with Crippen molar-refractivity contribution < 1.29 is 28.1 Å². The number of nitrogens with one attached hydrogen (secondary N) is 1. The van der Waals surface area contributed by atoms with Gasteiger partial charge in [-0.05, 0) is 47.2 Å². The average molecular weight is 557 g/mol. The van der Waals surface area contributed by atoms with Gasteiger partial charge in [-0.3, -0.25) is 4.79 Å². The van der Waals surface area contributed by atoms with E-state index in [1.807, 2.05) is 66.7 Å². The van der Waals surface area contributed by atoms with E-state index in [-0.39, 0.29) is 24.2 Å². The van der Waals surface area contributed by atoms with Crippen LogP contribution in [0.25, 0.3) is 10.8 Å². The first kappa shape index (κ1) is 28.1. The number of halogens is 1. The molecule has 41 heavy (non-hydrogen) atoms. The number of rotatable bonds is 12. The summed E-state index contributed by atoms with van der Waals surface area (Å²) >= 11 is 0. The molecule has 0 aliphatic carbocycles. The zero-order chi connectivity index (χ0) is 28.4. The number of carbonyl (C=O) groups excluding carboxylic acids is 1. The van der Waals surface area contributed by atoms with Gasteiger partial charge in [-0.2, -0.15) is 0 Å². The van der Waals surface area contributed by atoms with Crippen molar-refractivity contribution in [3.63, 3.8) is 0 Å². The molecule has 1 fully saturated rings. The Morgan fingerprint density at radius 3 is 2.63 bits per heavy atom. The molecule has 0 aromatic heterocycles. The highest BCUT2D eigenvalue weighted by Crippen LogP contribution is 2.27. The minimum atomic E-state index is -0.529. The van der Waals surface area contributed by atoms with Crippen LogP contribution in [-0.2, 0) is 16.1 Å². The first-order valence-electron chi connectivity index (χ1n) is 13.6. The summed E-state index contributed by atoms with van der Waals surface area (Å²) in [6, 6.07) is 25.8. The standard InChI is InChI=1S/C33H33FN2O5/c1-38-31-10-5-4-9-26(31)23-39-16-6-17-41-32-14-12-27(20-30(32)34)36-28(21-35-22-33(36)37)15-18-40-29-13-11-24-7-2-3-8-25(24)19-29/h2-5,7-15,18-20,28,35H,6,16-17,21-23H2,1H3/b18-15+. The fourth-order valence-corrected chi connectivity index (χ4v) is 4.73. The summed E-state index contributed by atoms with van der Waals surface area (Å²) < 4.78 is 37.5. The van der Waals surface area contributed by atoms with Gasteiger partial charge in [-0.15, -0.1) is 0 Å². The second-order valence-electron chi connectivity index (χ2n) is 9.60. The van der Waals surface area contributed by atoms with Crippen molar-refractivity contribution in [2.24, 2.45) is 0 Å². The molecule has 1 aliphatic rings. The SMILES string of the molecule is COc1ccccc1COCCCOc1ccc(N2C(=O)CNCC2/C=C/Oc2ccc3ccccc3c2)cc1F. The smallest absolute Gasteiger partial charge is 0.241 e. The maximum atomic E-state index is 15.0. The molecule has 1 N–H and O–H groups in total. The van der Waals surface area contributed by atoms with Crippen molar-refractivity contribution in [3.8, 4) is 17.2 Å². The molecule has 1 saturated heterocycles. The summed E-state index contributed by atoms with van der Waals surface area (Å²) in [6.45, 7) is 1.87. The van der Waals surface area contributed by atoms with E-state index in [0.29, 0.717) is 44.2 Å². The molecule has 4 aromatic rings. The Morgan fingerprint density at radius 1 is 0.951 bits per heavy atom. The zero-order valence-electron chi connectivity index (χ0n) is 22.9. The number of methoxy groups -OCH3 is 1. The van der Waals surface area contributed by atoms with E-state index in [9.17, 15) is 9.18 Å². The van der Waals surface area contributed by atoms with Gasteiger partial charge in [-0.1, -0.05) is 48.5 Å². The topological polar surface area (TPSA) is 69.3 Å². The number of anilines is 1. The lowest BCUT2D eigenvalue weighted by molar-refractivity contribution is -0.118. The molecule has 212 valence electrons. The Hall–Kier alpha value is -4.40. The molecule has 4 aromatic carbocycles. The lowest BCUT2D eigenvalue weighted by Gasteiger charge is -2.34. The van der Waals surface area contributed by atoms with Crippen molar-refractivity contribution in [1.82, 2.24) is 5.32 Å². The van der Waals surface area contributed by atoms with Crippen LogP contribution in [0.15, 0.2) is 97.3 Å². The molecule has 0 radical (unpaired) electrons. The Bertz CT molecular complexity index is 1510. The molecule has 0 saturated carbocycles. The van der Waals surface area contributed by atoms with Crippen LogP contribution in [0.4, 0.5) is 10.1 Å². The maximum absolute atomic E-state index is 15.0. The van der Waals surface area contributed by atoms with Crippen LogP contribution in [0, 0.1) is 5.82 Å². The van der Waals surface area contributed by atoms with Gasteiger partial charge in [0.25, 0.3) is 0 Å². The molecular weight excluding hydrogens is 523 g/mol. The number of hydrogen-bond acceptors (Lipinski definition) is 6. The molecule has 1 aliphatic heterocycles. The summed E-state index contributed by atoms with van der Waals surface area (Å²) in [6.07, 6.45) is 3.97. The van der Waals surface area contributed by atoms with Crippen molar-refractivity contribution >= 4 is 22.4 Å². The Kier molecular flexibility index (Phi) is 9.46. The van der Waals surface area contributed by atoms with Gasteiger partial charge in [0.15, 0.2) is 11.6 Å². The summed E-state index contributed by atoms with van der Waals surface area (Å²) in [5.41, 5.74) is 1.43. The number of amides is 1. The number of para-hydroxylation sites is 1. The molecule has 0 spiro atoms. The number of hydrogen-bond donors (Lipinski definition) is 1. The van der Waals surface area contributed by atoms with Crippen molar-refractivity contribution in [2.45, 2.75) is 19.1 Å². The third-order valence-corrected chi connectivity index (χ3v) is 6.79. The molecule has 7 nitrogen and oxygen atoms in total. The van der Waals surface area contributed by atoms with Gasteiger partial charge in [0, 0.05) is 30.3 Å². The highest BCUT2D eigenvalue weighted by Gasteiger charge is 2.28. The number of carbonyl (C=O) groups is 1. The summed E-state index contributed by atoms with van der Waals surface area (Å²) in [5.74, 6) is 0.923. The van der Waals surface area contributed by atoms with E-state index in [2.05, 4.69) is 5.32 Å². The zero-order valence-corrected chi connectivity index (χ0v) is 22.9. The quantitative estimate of drug-likeness (QED) is 0.174. The second-order valence-corrected chi connectivity index (χ2v) is 9.60. The number of nitrogens with zero attached hydrogens (tertiary/aromatic N) is 1. The van der Waals surface area contributed by atoms with Gasteiger partial charge in [-0.25, -0.2) is 4.39 Å². The van der Waals surface area contributed by atoms with E-state index in [4.69, 9.17) is 18.9 Å². The van der Waals surface area contributed by atoms with Gasteiger partial charge >= 0.3 is 0 Å². The van der Waals surface area contributed by atoms with Crippen LogP contribution in [0.3, 0.4) is 0 Å². The van der Waals surface area contributed by atoms with Crippen molar-refractivity contribution in [1.29, 1.82) is 0 Å². The summed E-state index contributed by atoms with van der Waals surface area (Å²) in [7, 11) is 1.63. The first-order valence-corrected chi connectivity index (χ1v) is 13.6. The third kappa shape index (κ3) is 7.22. The highest BCUT2D eigenvalue weighted by molar-refractivity contribution is 5.96. The molecule has 0 bridgehead atoms. The summed E-state index contributed by atoms with van der Waals surface area (Å²) in [4.78, 5) is 14.4. The maximum Gasteiger partial charge on any atom is 0.241 e. The minimum Gasteiger partial charge on any atom is -0.496 e. The lowest BCUT2D eigenvalue weighted by atomic mass is 10.1. The van der Waals surface area contributed by atoms with Crippen molar-refractivity contribution in [3.05, 3.63) is 109 Å². The predicted molar refractivity (Wildman–Crippen MR) is 157 cm³/mol. The number of ether oxygens (including phenoxy) is 4. The minimum absolute atomic E-state index is 0.132. The van der Waals surface area contributed by atoms with Crippen LogP contribution in [0.5, 0.6) is 17.2 Å². The fourth-order valence-electron chi connectivity index (χ4n) is 4.73. The van der Waals surface area contributed by atoms with Gasteiger partial charge in [0.05, 0.1) is 45.8 Å². The van der Waals surface area contributed by atoms with E-state index in [0.717, 1.165) is 22.1 Å². The average Bonchev–Trinajstić information content (AvgIpc) is 3.00. The van der Waals surface area contributed by atoms with Crippen LogP contribution in [-0.4, -0.2) is 45.4 Å². The summed E-state index contributed by atoms with van der Waals surface area (Å²) in [5, 5.41) is 5.31. The molecule has 1 heterocycles. The molecule has 1 unspecified atom stereocenters. The van der Waals surface area contributed by atoms with E-state index in [1.165, 1.54) is 6.07 Å². The largest absolute Gasteiger partial charge is 0.496 e. The van der Waals surface area contributed by atoms with E-state index >= 15 is 0 Å². The van der Waals surface area contributed by atoms with Gasteiger partial charge in [0.1, 0.15) is 11.5 Å². The first-order chi connectivity index (χ1) is 20.1. The van der Waals surface area contributed by atoms with Crippen LogP contribution in [0.2, 0.25) is 0 Å². The number of benzene rings is 4. The van der Waals surface area contributed by atoms with E-state index in [1.54, 1.807) is 36.5 Å². The molecule has 5 rings (SSSR count). The second kappa shape index (κ2) is 13.8. The van der Waals surface area contributed by atoms with Crippen LogP contribution >= 0.6 is 0 Å². The number of fused-ring (bicyclic) bond motifs is 1. The Morgan fingerprint density at radius 2 is 1.78 bits per heavy atom. The van der Waals surface area contributed by atoms with Crippen LogP contribution < -0.4 is 24.4 Å². The Balaban J connectivity index is 1.14. The monoisotopic (exact) mass is 556 g/mol. The van der Waals surface area contributed by atoms with Gasteiger partial charge < -0.3 is 29.2 Å². The molecular formula is C33H33FN2O5. The van der Waals surface area contributed by atoms with Gasteiger partial charge in [0.2, 0.25) is 5.91 Å². The Labute approximate surface area is 239 Å². The van der Waals surface area contributed by atoms with Crippen molar-refractivity contribution in [2.75, 3.05) is 38.3 Å². The molecule has 1 atom stereocenters. The third-order valence-electron chi connectivity index (χ3n) is 6.79.